The van der Waals surface area contributed by atoms with Gasteiger partial charge in [0.1, 0.15) is 5.82 Å². The molecule has 2 N–H and O–H groups in total. The van der Waals surface area contributed by atoms with Crippen molar-refractivity contribution in [3.05, 3.63) is 48.4 Å². The fraction of sp³-hybridized carbons (Fsp3) is 0.133. The Morgan fingerprint density at radius 2 is 1.92 bits per heavy atom. The molecule has 2 heterocycles. The Morgan fingerprint density at radius 1 is 1.17 bits per heavy atom. The third-order valence-corrected chi connectivity index (χ3v) is 4.07. The molecule has 0 fully saturated rings. The molecule has 0 saturated carbocycles. The number of hydrogen-bond donors (Lipinski definition) is 1. The Hall–Kier alpha value is -2.55. The highest BCUT2D eigenvalue weighted by Gasteiger charge is 2.13. The van der Waals surface area contributed by atoms with Crippen LogP contribution < -0.4 is 5.73 Å². The van der Waals surface area contributed by atoms with Crippen molar-refractivity contribution in [1.82, 2.24) is 19.6 Å². The van der Waals surface area contributed by atoms with Gasteiger partial charge in [-0.15, -0.1) is 5.10 Å². The van der Waals surface area contributed by atoms with Gasteiger partial charge in [0.15, 0.2) is 5.83 Å². The van der Waals surface area contributed by atoms with Gasteiger partial charge in [-0.3, -0.25) is 0 Å². The number of fused-ring (bicyclic) bond motifs is 1. The van der Waals surface area contributed by atoms with Crippen LogP contribution in [0.3, 0.4) is 0 Å². The van der Waals surface area contributed by atoms with Gasteiger partial charge in [-0.25, -0.2) is 9.37 Å². The smallest absolute Gasteiger partial charge is 0.301 e. The molecule has 24 heavy (non-hydrogen) atoms. The van der Waals surface area contributed by atoms with Crippen LogP contribution in [-0.2, 0) is 0 Å². The van der Waals surface area contributed by atoms with Crippen molar-refractivity contribution in [1.29, 1.82) is 0 Å². The zero-order chi connectivity index (χ0) is 17.1. The third kappa shape index (κ3) is 3.35. The summed E-state index contributed by atoms with van der Waals surface area (Å²) in [5, 5.41) is 4.49. The Morgan fingerprint density at radius 3 is 2.62 bits per heavy atom. The summed E-state index contributed by atoms with van der Waals surface area (Å²) in [6.07, 6.45) is -1.08. The second-order valence-electron chi connectivity index (χ2n) is 4.79. The highest BCUT2D eigenvalue weighted by molar-refractivity contribution is 7.99. The molecule has 5 nitrogen and oxygen atoms in total. The summed E-state index contributed by atoms with van der Waals surface area (Å²) in [6, 6.07) is 9.45. The molecule has 3 rings (SSSR count). The molecule has 0 spiro atoms. The summed E-state index contributed by atoms with van der Waals surface area (Å²) in [5.74, 6) is -0.671. The standard InChI is InChI=1S/C15H12F3N5S/c16-11(12(17)18)6-7-24-15-21-14-20-8-10(13(19)23(14)22-15)9-4-2-1-3-5-9/h1-5,8H,6-7,19H2. The highest BCUT2D eigenvalue weighted by atomic mass is 32.2. The van der Waals surface area contributed by atoms with Gasteiger partial charge in [-0.1, -0.05) is 42.1 Å². The molecule has 9 heteroatoms. The van der Waals surface area contributed by atoms with Crippen molar-refractivity contribution < 1.29 is 13.2 Å². The maximum atomic E-state index is 12.8. The lowest BCUT2D eigenvalue weighted by Gasteiger charge is -2.05. The summed E-state index contributed by atoms with van der Waals surface area (Å²) in [6.45, 7) is 0. The molecule has 0 atom stereocenters. The van der Waals surface area contributed by atoms with Crippen LogP contribution >= 0.6 is 11.8 Å². The third-order valence-electron chi connectivity index (χ3n) is 3.23. The fourth-order valence-corrected chi connectivity index (χ4v) is 2.81. The largest absolute Gasteiger partial charge is 0.383 e. The molecule has 0 radical (unpaired) electrons. The van der Waals surface area contributed by atoms with Gasteiger partial charge in [0.25, 0.3) is 5.78 Å². The van der Waals surface area contributed by atoms with Gasteiger partial charge in [0.2, 0.25) is 5.16 Å². The molecular formula is C15H12F3N5S. The van der Waals surface area contributed by atoms with Crippen LogP contribution in [-0.4, -0.2) is 25.3 Å². The van der Waals surface area contributed by atoms with E-state index in [4.69, 9.17) is 5.73 Å². The molecule has 124 valence electrons. The van der Waals surface area contributed by atoms with E-state index >= 15 is 0 Å². The second kappa shape index (κ2) is 6.91. The zero-order valence-corrected chi connectivity index (χ0v) is 13.1. The molecule has 0 aliphatic heterocycles. The number of thioether (sulfide) groups is 1. The highest BCUT2D eigenvalue weighted by Crippen LogP contribution is 2.26. The lowest BCUT2D eigenvalue weighted by atomic mass is 10.1. The van der Waals surface area contributed by atoms with Gasteiger partial charge in [-0.05, 0) is 5.56 Å². The van der Waals surface area contributed by atoms with Crippen LogP contribution in [0.2, 0.25) is 0 Å². The van der Waals surface area contributed by atoms with Crippen LogP contribution in [0.15, 0.2) is 53.6 Å². The monoisotopic (exact) mass is 351 g/mol. The SMILES string of the molecule is Nc1c(-c2ccccc2)cnc2nc(SCCC(F)=C(F)F)nn12. The summed E-state index contributed by atoms with van der Waals surface area (Å²) >= 11 is 1.06. The number of allylic oxidation sites excluding steroid dienone is 1. The molecule has 0 unspecified atom stereocenters. The minimum atomic E-state index is -2.29. The number of hydrogen-bond acceptors (Lipinski definition) is 5. The van der Waals surface area contributed by atoms with Crippen LogP contribution in [0.25, 0.3) is 16.9 Å². The quantitative estimate of drug-likeness (QED) is 0.705. The van der Waals surface area contributed by atoms with E-state index in [0.29, 0.717) is 22.3 Å². The van der Waals surface area contributed by atoms with E-state index in [-0.39, 0.29) is 12.2 Å². The van der Waals surface area contributed by atoms with Gasteiger partial charge in [0.05, 0.1) is 0 Å². The predicted octanol–water partition coefficient (Wildman–Crippen LogP) is 3.93. The lowest BCUT2D eigenvalue weighted by molar-refractivity contribution is 0.373. The number of nitrogens with two attached hydrogens (primary N) is 1. The molecule has 0 aliphatic rings. The van der Waals surface area contributed by atoms with Crippen molar-refractivity contribution in [2.75, 3.05) is 11.5 Å². The molecule has 3 aromatic rings. The zero-order valence-electron chi connectivity index (χ0n) is 12.3. The van der Waals surface area contributed by atoms with Crippen LogP contribution in [0.5, 0.6) is 0 Å². The number of aromatic nitrogens is 4. The van der Waals surface area contributed by atoms with E-state index in [1.807, 2.05) is 30.3 Å². The van der Waals surface area contributed by atoms with Crippen molar-refractivity contribution >= 4 is 23.4 Å². The Labute approximate surface area is 139 Å². The van der Waals surface area contributed by atoms with Crippen molar-refractivity contribution in [3.63, 3.8) is 0 Å². The Kier molecular flexibility index (Phi) is 4.70. The van der Waals surface area contributed by atoms with Crippen molar-refractivity contribution in [2.45, 2.75) is 11.6 Å². The van der Waals surface area contributed by atoms with Crippen LogP contribution in [0, 0.1) is 0 Å². The number of anilines is 1. The summed E-state index contributed by atoms with van der Waals surface area (Å²) < 4.78 is 38.2. The van der Waals surface area contributed by atoms with Crippen LogP contribution in [0.1, 0.15) is 6.42 Å². The number of benzene rings is 1. The first-order chi connectivity index (χ1) is 11.6. The van der Waals surface area contributed by atoms with E-state index < -0.39 is 11.9 Å². The number of nitrogens with zero attached hydrogens (tertiary/aromatic N) is 4. The Balaban J connectivity index is 1.84. The van der Waals surface area contributed by atoms with Gasteiger partial charge >= 0.3 is 6.08 Å². The predicted molar refractivity (Wildman–Crippen MR) is 86.3 cm³/mol. The first-order valence-corrected chi connectivity index (χ1v) is 7.94. The maximum absolute atomic E-state index is 12.8. The maximum Gasteiger partial charge on any atom is 0.301 e. The van der Waals surface area contributed by atoms with Crippen molar-refractivity contribution in [3.8, 4) is 11.1 Å². The molecule has 0 aliphatic carbocycles. The minimum absolute atomic E-state index is 0.0888. The molecule has 0 amide bonds. The summed E-state index contributed by atoms with van der Waals surface area (Å²) in [4.78, 5) is 8.35. The average molecular weight is 351 g/mol. The average Bonchev–Trinajstić information content (AvgIpc) is 3.00. The first kappa shape index (κ1) is 16.3. The number of rotatable bonds is 5. The number of halogens is 3. The van der Waals surface area contributed by atoms with E-state index in [2.05, 4.69) is 15.1 Å². The second-order valence-corrected chi connectivity index (χ2v) is 5.86. The van der Waals surface area contributed by atoms with Gasteiger partial charge < -0.3 is 5.73 Å². The molecule has 1 aromatic carbocycles. The van der Waals surface area contributed by atoms with E-state index in [1.165, 1.54) is 4.52 Å². The van der Waals surface area contributed by atoms with Gasteiger partial charge in [-0.2, -0.15) is 18.3 Å². The lowest BCUT2D eigenvalue weighted by Crippen LogP contribution is -2.02. The summed E-state index contributed by atoms with van der Waals surface area (Å²) in [5.41, 5.74) is 7.72. The van der Waals surface area contributed by atoms with Gasteiger partial charge in [0, 0.05) is 23.9 Å². The minimum Gasteiger partial charge on any atom is -0.383 e. The molecule has 0 saturated heterocycles. The molecule has 0 bridgehead atoms. The Bertz CT molecular complexity index is 891. The van der Waals surface area contributed by atoms with E-state index in [0.717, 1.165) is 17.3 Å². The normalized spacial score (nSPS) is 11.0. The molecule has 2 aromatic heterocycles. The van der Waals surface area contributed by atoms with E-state index in [1.54, 1.807) is 6.20 Å². The summed E-state index contributed by atoms with van der Waals surface area (Å²) in [7, 11) is 0. The van der Waals surface area contributed by atoms with Crippen LogP contribution in [0.4, 0.5) is 19.0 Å². The van der Waals surface area contributed by atoms with E-state index in [9.17, 15) is 13.2 Å². The first-order valence-electron chi connectivity index (χ1n) is 6.95. The number of nitrogen functional groups attached to an aromatic ring is 1. The fourth-order valence-electron chi connectivity index (χ4n) is 2.06. The topological polar surface area (TPSA) is 69.1 Å². The molecular weight excluding hydrogens is 339 g/mol. The van der Waals surface area contributed by atoms with Crippen molar-refractivity contribution in [2.24, 2.45) is 0 Å².